The summed E-state index contributed by atoms with van der Waals surface area (Å²) < 4.78 is 0. The quantitative estimate of drug-likeness (QED) is 0.570. The van der Waals surface area contributed by atoms with E-state index in [9.17, 15) is 4.79 Å². The molecule has 176 valence electrons. The Labute approximate surface area is 199 Å². The first-order valence-corrected chi connectivity index (χ1v) is 12.7. The van der Waals surface area contributed by atoms with Crippen molar-refractivity contribution in [2.45, 2.75) is 76.5 Å². The molecule has 33 heavy (non-hydrogen) atoms. The Hall–Kier alpha value is -2.59. The highest BCUT2D eigenvalue weighted by atomic mass is 16.1. The van der Waals surface area contributed by atoms with Crippen LogP contribution in [0.1, 0.15) is 69.5 Å². The zero-order valence-corrected chi connectivity index (χ0v) is 20.2. The molecule has 2 aliphatic rings. The fourth-order valence-corrected chi connectivity index (χ4v) is 5.42. The summed E-state index contributed by atoms with van der Waals surface area (Å²) in [4.78, 5) is 15.2. The van der Waals surface area contributed by atoms with Crippen LogP contribution in [0.15, 0.2) is 72.9 Å². The fourth-order valence-electron chi connectivity index (χ4n) is 5.42. The predicted octanol–water partition coefficient (Wildman–Crippen LogP) is 5.43. The largest absolute Gasteiger partial charge is 0.377 e. The molecule has 2 fully saturated rings. The van der Waals surface area contributed by atoms with Gasteiger partial charge in [-0.15, -0.1) is 0 Å². The zero-order chi connectivity index (χ0) is 23.2. The number of nitrogens with one attached hydrogen (secondary N) is 2. The summed E-state index contributed by atoms with van der Waals surface area (Å²) in [5, 5.41) is 7.15. The second-order valence-electron chi connectivity index (χ2n) is 9.81. The number of rotatable bonds is 8. The van der Waals surface area contributed by atoms with Gasteiger partial charge in [-0.3, -0.25) is 9.69 Å². The third-order valence-corrected chi connectivity index (χ3v) is 7.57. The first kappa shape index (κ1) is 23.6. The first-order valence-electron chi connectivity index (χ1n) is 12.7. The Kier molecular flexibility index (Phi) is 7.87. The molecule has 2 heterocycles. The number of carbonyl (C=O) groups excluding carboxylic acids is 1. The van der Waals surface area contributed by atoms with Gasteiger partial charge in [-0.25, -0.2) is 0 Å². The maximum Gasteiger partial charge on any atom is 0.223 e. The highest BCUT2D eigenvalue weighted by Crippen LogP contribution is 2.34. The molecular formula is C29H39N3O. The van der Waals surface area contributed by atoms with E-state index in [1.807, 2.05) is 6.92 Å². The molecule has 2 aromatic rings. The zero-order valence-electron chi connectivity index (χ0n) is 20.2. The number of hydrogen-bond acceptors (Lipinski definition) is 3. The van der Waals surface area contributed by atoms with Crippen molar-refractivity contribution in [3.63, 3.8) is 0 Å². The Bertz CT molecular complexity index is 873. The number of benzene rings is 2. The van der Waals surface area contributed by atoms with Gasteiger partial charge in [-0.05, 0) is 49.7 Å². The lowest BCUT2D eigenvalue weighted by Gasteiger charge is -2.34. The summed E-state index contributed by atoms with van der Waals surface area (Å²) in [6.45, 7) is 9.55. The lowest BCUT2D eigenvalue weighted by molar-refractivity contribution is -0.125. The van der Waals surface area contributed by atoms with Crippen LogP contribution in [0.5, 0.6) is 0 Å². The molecule has 2 aliphatic heterocycles. The average Bonchev–Trinajstić information content (AvgIpc) is 3.14. The van der Waals surface area contributed by atoms with Gasteiger partial charge in [0, 0.05) is 36.3 Å². The Morgan fingerprint density at radius 3 is 2.24 bits per heavy atom. The van der Waals surface area contributed by atoms with E-state index >= 15 is 0 Å². The monoisotopic (exact) mass is 445 g/mol. The lowest BCUT2D eigenvalue weighted by Crippen LogP contribution is -2.48. The number of carbonyl (C=O) groups is 1. The van der Waals surface area contributed by atoms with Crippen molar-refractivity contribution >= 4 is 5.91 Å². The lowest BCUT2D eigenvalue weighted by atomic mass is 9.97. The van der Waals surface area contributed by atoms with Gasteiger partial charge in [0.05, 0.1) is 6.04 Å². The highest BCUT2D eigenvalue weighted by Gasteiger charge is 2.38. The van der Waals surface area contributed by atoms with E-state index in [4.69, 9.17) is 0 Å². The molecule has 4 rings (SSSR count). The SMILES string of the molecule is C=C(NC(c1ccccc1)c1ccccc1)C1CC[C@@H]2CCCC(NC(=O)[C@H](C)CC)CN12. The second-order valence-corrected chi connectivity index (χ2v) is 9.81. The van der Waals surface area contributed by atoms with Crippen LogP contribution < -0.4 is 10.6 Å². The molecule has 4 heteroatoms. The molecular weight excluding hydrogens is 406 g/mol. The van der Waals surface area contributed by atoms with Crippen molar-refractivity contribution in [3.8, 4) is 0 Å². The predicted molar refractivity (Wildman–Crippen MR) is 136 cm³/mol. The topological polar surface area (TPSA) is 44.4 Å². The molecule has 0 aliphatic carbocycles. The minimum Gasteiger partial charge on any atom is -0.377 e. The fraction of sp³-hybridized carbons (Fsp3) is 0.483. The number of amides is 1. The minimum atomic E-state index is 0.0758. The maximum atomic E-state index is 12.6. The smallest absolute Gasteiger partial charge is 0.223 e. The molecule has 0 aromatic heterocycles. The van der Waals surface area contributed by atoms with Gasteiger partial charge in [0.25, 0.3) is 0 Å². The standard InChI is InChI=1S/C29H39N3O/c1-4-21(2)29(33)31-25-16-11-17-26-18-19-27(32(26)20-25)22(3)30-28(23-12-7-5-8-13-23)24-14-9-6-10-15-24/h5-10,12-15,21,25-28,30H,3-4,11,16-20H2,1-2H3,(H,31,33)/t21-,25?,26+,27?/m1/s1. The van der Waals surface area contributed by atoms with Crippen molar-refractivity contribution in [1.29, 1.82) is 0 Å². The third-order valence-electron chi connectivity index (χ3n) is 7.57. The van der Waals surface area contributed by atoms with E-state index in [2.05, 4.69) is 89.7 Å². The van der Waals surface area contributed by atoms with Crippen LogP contribution in [0.4, 0.5) is 0 Å². The number of nitrogens with zero attached hydrogens (tertiary/aromatic N) is 1. The summed E-state index contributed by atoms with van der Waals surface area (Å²) >= 11 is 0. The molecule has 2 saturated heterocycles. The van der Waals surface area contributed by atoms with Crippen molar-refractivity contribution in [2.75, 3.05) is 6.54 Å². The number of fused-ring (bicyclic) bond motifs is 1. The van der Waals surface area contributed by atoms with Gasteiger partial charge in [-0.2, -0.15) is 0 Å². The van der Waals surface area contributed by atoms with Crippen molar-refractivity contribution in [3.05, 3.63) is 84.1 Å². The molecule has 0 radical (unpaired) electrons. The molecule has 2 N–H and O–H groups in total. The van der Waals surface area contributed by atoms with Crippen molar-refractivity contribution < 1.29 is 4.79 Å². The summed E-state index contributed by atoms with van der Waals surface area (Å²) in [5.41, 5.74) is 3.58. The van der Waals surface area contributed by atoms with Gasteiger partial charge in [0.1, 0.15) is 0 Å². The molecule has 4 atom stereocenters. The van der Waals surface area contributed by atoms with Crippen molar-refractivity contribution in [1.82, 2.24) is 15.5 Å². The van der Waals surface area contributed by atoms with Gasteiger partial charge >= 0.3 is 0 Å². The van der Waals surface area contributed by atoms with Crippen LogP contribution in [-0.2, 0) is 4.79 Å². The second kappa shape index (κ2) is 11.0. The third kappa shape index (κ3) is 5.67. The van der Waals surface area contributed by atoms with Crippen molar-refractivity contribution in [2.24, 2.45) is 5.92 Å². The highest BCUT2D eigenvalue weighted by molar-refractivity contribution is 5.78. The van der Waals surface area contributed by atoms with Crippen LogP contribution in [0, 0.1) is 5.92 Å². The van der Waals surface area contributed by atoms with Crippen LogP contribution in [0.25, 0.3) is 0 Å². The van der Waals surface area contributed by atoms with Crippen LogP contribution >= 0.6 is 0 Å². The van der Waals surface area contributed by atoms with E-state index in [1.54, 1.807) is 0 Å². The van der Waals surface area contributed by atoms with Crippen LogP contribution in [-0.4, -0.2) is 35.5 Å². The number of hydrogen-bond donors (Lipinski definition) is 2. The summed E-state index contributed by atoms with van der Waals surface area (Å²) in [6.07, 6.45) is 6.67. The van der Waals surface area contributed by atoms with E-state index in [0.717, 1.165) is 31.5 Å². The molecule has 0 bridgehead atoms. The van der Waals surface area contributed by atoms with Crippen LogP contribution in [0.3, 0.4) is 0 Å². The Morgan fingerprint density at radius 1 is 1.00 bits per heavy atom. The summed E-state index contributed by atoms with van der Waals surface area (Å²) in [6, 6.07) is 22.4. The molecule has 1 amide bonds. The van der Waals surface area contributed by atoms with E-state index in [1.165, 1.54) is 30.4 Å². The van der Waals surface area contributed by atoms with Gasteiger partial charge < -0.3 is 10.6 Å². The first-order chi connectivity index (χ1) is 16.1. The Morgan fingerprint density at radius 2 is 1.64 bits per heavy atom. The van der Waals surface area contributed by atoms with E-state index in [0.29, 0.717) is 12.1 Å². The molecule has 2 aromatic carbocycles. The van der Waals surface area contributed by atoms with Gasteiger partial charge in [0.2, 0.25) is 5.91 Å². The van der Waals surface area contributed by atoms with Crippen LogP contribution in [0.2, 0.25) is 0 Å². The molecule has 4 nitrogen and oxygen atoms in total. The summed E-state index contributed by atoms with van der Waals surface area (Å²) in [5.74, 6) is 0.273. The van der Waals surface area contributed by atoms with E-state index < -0.39 is 0 Å². The molecule has 2 unspecified atom stereocenters. The van der Waals surface area contributed by atoms with Gasteiger partial charge in [-0.1, -0.05) is 81.1 Å². The molecule has 0 spiro atoms. The maximum absolute atomic E-state index is 12.6. The normalized spacial score (nSPS) is 24.0. The van der Waals surface area contributed by atoms with E-state index in [-0.39, 0.29) is 23.9 Å². The molecule has 0 saturated carbocycles. The summed E-state index contributed by atoms with van der Waals surface area (Å²) in [7, 11) is 0. The Balaban J connectivity index is 1.49. The average molecular weight is 446 g/mol. The van der Waals surface area contributed by atoms with Gasteiger partial charge in [0.15, 0.2) is 0 Å². The minimum absolute atomic E-state index is 0.0758.